The summed E-state index contributed by atoms with van der Waals surface area (Å²) < 4.78 is 1.61. The molecule has 0 amide bonds. The van der Waals surface area contributed by atoms with Gasteiger partial charge in [0, 0.05) is 18.2 Å². The quantitative estimate of drug-likeness (QED) is 0.487. The second-order valence-electron chi connectivity index (χ2n) is 4.13. The Morgan fingerprint density at radius 3 is 2.90 bits per heavy atom. The summed E-state index contributed by atoms with van der Waals surface area (Å²) in [5, 5.41) is 17.9. The van der Waals surface area contributed by atoms with Crippen LogP contribution in [0.3, 0.4) is 0 Å². The number of rotatable bonds is 6. The molecule has 8 heteroatoms. The largest absolute Gasteiger partial charge is 0.378 e. The van der Waals surface area contributed by atoms with Gasteiger partial charge in [0.15, 0.2) is 5.78 Å². The first-order valence-corrected chi connectivity index (χ1v) is 5.93. The maximum absolute atomic E-state index is 11.2. The fourth-order valence-electron chi connectivity index (χ4n) is 1.70. The Balaban J connectivity index is 2.10. The highest BCUT2D eigenvalue weighted by atomic mass is 16.6. The summed E-state index contributed by atoms with van der Waals surface area (Å²) in [6, 6.07) is 4.38. The lowest BCUT2D eigenvalue weighted by molar-refractivity contribution is -0.384. The molecule has 20 heavy (non-hydrogen) atoms. The first-order chi connectivity index (χ1) is 9.58. The number of aromatic nitrogens is 3. The Labute approximate surface area is 114 Å². The molecule has 0 spiro atoms. The van der Waals surface area contributed by atoms with Gasteiger partial charge in [0.05, 0.1) is 11.5 Å². The maximum Gasteiger partial charge on any atom is 0.293 e. The number of carbonyl (C=O) groups is 1. The number of nitro benzene ring substituents is 1. The lowest BCUT2D eigenvalue weighted by Crippen LogP contribution is -2.12. The van der Waals surface area contributed by atoms with Crippen molar-refractivity contribution in [2.24, 2.45) is 0 Å². The average molecular weight is 275 g/mol. The van der Waals surface area contributed by atoms with Gasteiger partial charge in [0.25, 0.3) is 5.69 Å². The molecule has 2 aromatic rings. The van der Waals surface area contributed by atoms with Crippen LogP contribution in [0.5, 0.6) is 0 Å². The first kappa shape index (κ1) is 13.7. The third-order valence-electron chi connectivity index (χ3n) is 2.72. The van der Waals surface area contributed by atoms with Crippen LogP contribution >= 0.6 is 0 Å². The molecule has 0 unspecified atom stereocenters. The van der Waals surface area contributed by atoms with Crippen LogP contribution in [-0.2, 0) is 6.54 Å². The molecule has 0 fully saturated rings. The van der Waals surface area contributed by atoms with E-state index in [1.807, 2.05) is 0 Å². The van der Waals surface area contributed by atoms with E-state index >= 15 is 0 Å². The van der Waals surface area contributed by atoms with Crippen LogP contribution in [0.1, 0.15) is 17.3 Å². The summed E-state index contributed by atoms with van der Waals surface area (Å²) in [6.07, 6.45) is 2.99. The predicted octanol–water partition coefficient (Wildman–Crippen LogP) is 1.50. The van der Waals surface area contributed by atoms with Crippen LogP contribution in [0, 0.1) is 10.1 Å². The van der Waals surface area contributed by atoms with E-state index in [2.05, 4.69) is 15.4 Å². The van der Waals surface area contributed by atoms with Crippen LogP contribution < -0.4 is 5.32 Å². The molecule has 0 aliphatic heterocycles. The van der Waals surface area contributed by atoms with E-state index in [4.69, 9.17) is 0 Å². The molecule has 0 saturated heterocycles. The third kappa shape index (κ3) is 3.16. The second kappa shape index (κ2) is 5.91. The van der Waals surface area contributed by atoms with E-state index in [0.717, 1.165) is 0 Å². The van der Waals surface area contributed by atoms with Crippen molar-refractivity contribution in [1.82, 2.24) is 14.8 Å². The monoisotopic (exact) mass is 275 g/mol. The number of anilines is 1. The molecular weight excluding hydrogens is 262 g/mol. The van der Waals surface area contributed by atoms with Gasteiger partial charge in [-0.3, -0.25) is 19.6 Å². The SMILES string of the molecule is CC(=O)c1ccc(NCCn2cncn2)c([N+](=O)[O-])c1. The van der Waals surface area contributed by atoms with Gasteiger partial charge in [0.2, 0.25) is 0 Å². The van der Waals surface area contributed by atoms with Crippen LogP contribution in [0.15, 0.2) is 30.9 Å². The number of nitro groups is 1. The van der Waals surface area contributed by atoms with E-state index in [1.54, 1.807) is 17.1 Å². The summed E-state index contributed by atoms with van der Waals surface area (Å²) in [5.41, 5.74) is 0.579. The van der Waals surface area contributed by atoms with Crippen molar-refractivity contribution in [2.75, 3.05) is 11.9 Å². The van der Waals surface area contributed by atoms with Gasteiger partial charge >= 0.3 is 0 Å². The third-order valence-corrected chi connectivity index (χ3v) is 2.72. The number of hydrogen-bond donors (Lipinski definition) is 1. The van der Waals surface area contributed by atoms with Gasteiger partial charge in [-0.1, -0.05) is 0 Å². The van der Waals surface area contributed by atoms with Crippen molar-refractivity contribution in [3.05, 3.63) is 46.5 Å². The van der Waals surface area contributed by atoms with Crippen molar-refractivity contribution in [1.29, 1.82) is 0 Å². The van der Waals surface area contributed by atoms with Gasteiger partial charge in [-0.05, 0) is 19.1 Å². The summed E-state index contributed by atoms with van der Waals surface area (Å²) in [6.45, 7) is 2.37. The highest BCUT2D eigenvalue weighted by Gasteiger charge is 2.15. The minimum atomic E-state index is -0.510. The number of nitrogens with zero attached hydrogens (tertiary/aromatic N) is 4. The van der Waals surface area contributed by atoms with Gasteiger partial charge in [0.1, 0.15) is 18.3 Å². The van der Waals surface area contributed by atoms with Crippen LogP contribution in [0.4, 0.5) is 11.4 Å². The summed E-state index contributed by atoms with van der Waals surface area (Å²) in [4.78, 5) is 25.5. The zero-order chi connectivity index (χ0) is 14.5. The number of hydrogen-bond acceptors (Lipinski definition) is 6. The minimum Gasteiger partial charge on any atom is -0.378 e. The molecule has 8 nitrogen and oxygen atoms in total. The van der Waals surface area contributed by atoms with Crippen LogP contribution in [-0.4, -0.2) is 32.0 Å². The molecule has 0 bridgehead atoms. The van der Waals surface area contributed by atoms with Crippen LogP contribution in [0.25, 0.3) is 0 Å². The molecule has 0 radical (unpaired) electrons. The van der Waals surface area contributed by atoms with Crippen molar-refractivity contribution in [2.45, 2.75) is 13.5 Å². The van der Waals surface area contributed by atoms with Crippen molar-refractivity contribution in [3.63, 3.8) is 0 Å². The van der Waals surface area contributed by atoms with Gasteiger partial charge in [-0.25, -0.2) is 4.98 Å². The molecule has 1 N–H and O–H groups in total. The summed E-state index contributed by atoms with van der Waals surface area (Å²) in [5.74, 6) is -0.206. The van der Waals surface area contributed by atoms with E-state index in [9.17, 15) is 14.9 Å². The lowest BCUT2D eigenvalue weighted by Gasteiger charge is -2.07. The molecule has 1 aromatic heterocycles. The molecule has 0 saturated carbocycles. The van der Waals surface area contributed by atoms with Gasteiger partial charge in [-0.15, -0.1) is 0 Å². The smallest absolute Gasteiger partial charge is 0.293 e. The van der Waals surface area contributed by atoms with E-state index in [0.29, 0.717) is 24.3 Å². The number of nitrogens with one attached hydrogen (secondary N) is 1. The van der Waals surface area contributed by atoms with Gasteiger partial charge in [-0.2, -0.15) is 5.10 Å². The Morgan fingerprint density at radius 2 is 2.30 bits per heavy atom. The molecule has 0 aliphatic carbocycles. The standard InChI is InChI=1S/C12H13N5O3/c1-9(18)10-2-3-11(12(6-10)17(19)20)14-4-5-16-8-13-7-15-16/h2-3,6-8,14H,4-5H2,1H3. The van der Waals surface area contributed by atoms with Crippen molar-refractivity contribution >= 4 is 17.2 Å². The number of benzene rings is 1. The van der Waals surface area contributed by atoms with E-state index in [1.165, 1.54) is 25.4 Å². The van der Waals surface area contributed by atoms with E-state index in [-0.39, 0.29) is 11.5 Å². The molecular formula is C12H13N5O3. The van der Waals surface area contributed by atoms with Crippen molar-refractivity contribution in [3.8, 4) is 0 Å². The minimum absolute atomic E-state index is 0.115. The molecule has 2 rings (SSSR count). The molecule has 1 aromatic carbocycles. The molecule has 104 valence electrons. The normalized spacial score (nSPS) is 10.2. The molecule has 0 atom stereocenters. The number of carbonyl (C=O) groups excluding carboxylic acids is 1. The fraction of sp³-hybridized carbons (Fsp3) is 0.250. The lowest BCUT2D eigenvalue weighted by atomic mass is 10.1. The topological polar surface area (TPSA) is 103 Å². The summed E-state index contributed by atoms with van der Waals surface area (Å²) in [7, 11) is 0. The molecule has 1 heterocycles. The zero-order valence-electron chi connectivity index (χ0n) is 10.8. The van der Waals surface area contributed by atoms with E-state index < -0.39 is 4.92 Å². The fourth-order valence-corrected chi connectivity index (χ4v) is 1.70. The first-order valence-electron chi connectivity index (χ1n) is 5.93. The Kier molecular flexibility index (Phi) is 4.04. The predicted molar refractivity (Wildman–Crippen MR) is 71.6 cm³/mol. The molecule has 0 aliphatic rings. The van der Waals surface area contributed by atoms with Crippen molar-refractivity contribution < 1.29 is 9.72 Å². The number of Topliss-reactive ketones (excluding diaryl/α,β-unsaturated/α-hetero) is 1. The number of ketones is 1. The highest BCUT2D eigenvalue weighted by Crippen LogP contribution is 2.25. The summed E-state index contributed by atoms with van der Waals surface area (Å²) >= 11 is 0. The van der Waals surface area contributed by atoms with Crippen LogP contribution in [0.2, 0.25) is 0 Å². The maximum atomic E-state index is 11.2. The average Bonchev–Trinajstić information content (AvgIpc) is 2.91. The second-order valence-corrected chi connectivity index (χ2v) is 4.13. The van der Waals surface area contributed by atoms with Gasteiger partial charge < -0.3 is 5.32 Å². The Hall–Kier alpha value is -2.77. The zero-order valence-corrected chi connectivity index (χ0v) is 10.8. The Morgan fingerprint density at radius 1 is 1.50 bits per heavy atom. The Bertz CT molecular complexity index is 624. The highest BCUT2D eigenvalue weighted by molar-refractivity contribution is 5.95.